The van der Waals surface area contributed by atoms with Crippen molar-refractivity contribution in [2.75, 3.05) is 5.75 Å². The summed E-state index contributed by atoms with van der Waals surface area (Å²) in [6, 6.07) is 9.75. The van der Waals surface area contributed by atoms with Gasteiger partial charge in [-0.3, -0.25) is 9.48 Å². The van der Waals surface area contributed by atoms with Crippen LogP contribution in [0.3, 0.4) is 0 Å². The van der Waals surface area contributed by atoms with Crippen molar-refractivity contribution in [2.24, 2.45) is 11.8 Å². The Morgan fingerprint density at radius 2 is 1.79 bits per heavy atom. The van der Waals surface area contributed by atoms with Crippen LogP contribution in [0.25, 0.3) is 10.9 Å². The van der Waals surface area contributed by atoms with E-state index in [1.807, 2.05) is 17.7 Å². The summed E-state index contributed by atoms with van der Waals surface area (Å²) in [6.07, 6.45) is -2.11. The Kier molecular flexibility index (Phi) is 8.70. The third-order valence-electron chi connectivity index (χ3n) is 7.71. The highest BCUT2D eigenvalue weighted by atomic mass is 32.2. The molecule has 11 heteroatoms. The molecule has 3 aromatic rings. The molecule has 1 heterocycles. The number of carbonyl (C=O) groups excluding carboxylic acids is 1. The first-order valence-electron chi connectivity index (χ1n) is 13.3. The van der Waals surface area contributed by atoms with Crippen LogP contribution in [0.5, 0.6) is 0 Å². The van der Waals surface area contributed by atoms with Gasteiger partial charge in [-0.15, -0.1) is 0 Å². The lowest BCUT2D eigenvalue weighted by Crippen LogP contribution is -2.29. The molecule has 1 aromatic heterocycles. The van der Waals surface area contributed by atoms with E-state index in [2.05, 4.69) is 5.32 Å². The lowest BCUT2D eigenvalue weighted by Gasteiger charge is -2.30. The number of halogens is 3. The average Bonchev–Trinajstić information content (AvgIpc) is 3.27. The van der Waals surface area contributed by atoms with E-state index >= 15 is 0 Å². The fraction of sp³-hybridized carbons (Fsp3) is 0.500. The number of hydrogen-bond donors (Lipinski definition) is 2. The Labute approximate surface area is 226 Å². The zero-order valence-corrected chi connectivity index (χ0v) is 22.9. The van der Waals surface area contributed by atoms with Crippen molar-refractivity contribution in [2.45, 2.75) is 76.7 Å². The normalized spacial score (nSPS) is 18.4. The van der Waals surface area contributed by atoms with Crippen molar-refractivity contribution >= 4 is 26.6 Å². The summed E-state index contributed by atoms with van der Waals surface area (Å²) >= 11 is 0. The molecule has 7 nitrogen and oxygen atoms in total. The van der Waals surface area contributed by atoms with Crippen molar-refractivity contribution in [3.63, 3.8) is 0 Å². The Balaban J connectivity index is 1.46. The lowest BCUT2D eigenvalue weighted by atomic mass is 9.81. The van der Waals surface area contributed by atoms with Crippen LogP contribution in [0.1, 0.15) is 66.7 Å². The van der Waals surface area contributed by atoms with Gasteiger partial charge in [0.2, 0.25) is 0 Å². The summed E-state index contributed by atoms with van der Waals surface area (Å²) in [5, 5.41) is 18.2. The van der Waals surface area contributed by atoms with Crippen LogP contribution in [-0.2, 0) is 36.0 Å². The van der Waals surface area contributed by atoms with Crippen molar-refractivity contribution in [1.29, 1.82) is 0 Å². The van der Waals surface area contributed by atoms with Gasteiger partial charge < -0.3 is 10.4 Å². The molecule has 0 aliphatic heterocycles. The van der Waals surface area contributed by atoms with Crippen LogP contribution in [0.4, 0.5) is 13.2 Å². The van der Waals surface area contributed by atoms with Crippen LogP contribution in [0.2, 0.25) is 0 Å². The Morgan fingerprint density at radius 3 is 2.41 bits per heavy atom. The predicted octanol–water partition coefficient (Wildman–Crippen LogP) is 5.18. The van der Waals surface area contributed by atoms with E-state index in [-0.39, 0.29) is 48.5 Å². The number of aliphatic hydroxyl groups excluding tert-OH is 1. The molecule has 0 saturated heterocycles. The summed E-state index contributed by atoms with van der Waals surface area (Å²) < 4.78 is 65.3. The molecule has 212 valence electrons. The van der Waals surface area contributed by atoms with Gasteiger partial charge >= 0.3 is 6.18 Å². The number of aromatic nitrogens is 2. The summed E-state index contributed by atoms with van der Waals surface area (Å²) in [6.45, 7) is 3.85. The molecule has 1 aliphatic carbocycles. The molecular weight excluding hydrogens is 531 g/mol. The molecule has 0 bridgehead atoms. The number of nitrogens with zero attached hydrogens (tertiary/aromatic N) is 2. The minimum atomic E-state index is -4.13. The molecule has 2 aromatic carbocycles. The molecular formula is C28H34F3N3O4S. The number of amides is 1. The zero-order chi connectivity index (χ0) is 28.4. The predicted molar refractivity (Wildman–Crippen MR) is 142 cm³/mol. The first-order chi connectivity index (χ1) is 18.5. The number of aryl methyl sites for hydroxylation is 1. The number of aliphatic hydroxyl groups is 1. The number of benzene rings is 2. The number of sulfone groups is 1. The van der Waals surface area contributed by atoms with Gasteiger partial charge in [-0.1, -0.05) is 26.0 Å². The monoisotopic (exact) mass is 565 g/mol. The van der Waals surface area contributed by atoms with E-state index in [0.29, 0.717) is 48.0 Å². The van der Waals surface area contributed by atoms with E-state index in [9.17, 15) is 31.5 Å². The highest BCUT2D eigenvalue weighted by molar-refractivity contribution is 7.91. The van der Waals surface area contributed by atoms with E-state index in [1.165, 1.54) is 12.1 Å². The summed E-state index contributed by atoms with van der Waals surface area (Å²) in [5.41, 5.74) is 3.07. The van der Waals surface area contributed by atoms with E-state index < -0.39 is 21.9 Å². The van der Waals surface area contributed by atoms with Gasteiger partial charge in [-0.05, 0) is 73.4 Å². The number of fused-ring (bicyclic) bond motifs is 1. The van der Waals surface area contributed by atoms with Crippen LogP contribution in [0.15, 0.2) is 41.3 Å². The van der Waals surface area contributed by atoms with Crippen LogP contribution >= 0.6 is 0 Å². The number of carbonyl (C=O) groups is 1. The minimum Gasteiger partial charge on any atom is -0.392 e. The maximum Gasteiger partial charge on any atom is 0.391 e. The average molecular weight is 566 g/mol. The van der Waals surface area contributed by atoms with E-state index in [1.54, 1.807) is 25.1 Å². The quantitative estimate of drug-likeness (QED) is 0.372. The SMILES string of the molecule is CCc1c2ccc(C(=O)NCc3ccc(S(=O)(=O)CC)cc3CO)cc2nn1C[C@H]1CC[C@H](C(F)(F)F)CC1. The topological polar surface area (TPSA) is 101 Å². The molecule has 1 amide bonds. The third-order valence-corrected chi connectivity index (χ3v) is 9.45. The molecule has 1 aliphatic rings. The second-order valence-corrected chi connectivity index (χ2v) is 12.4. The van der Waals surface area contributed by atoms with Crippen molar-refractivity contribution < 1.29 is 31.5 Å². The minimum absolute atomic E-state index is 0.0505. The van der Waals surface area contributed by atoms with Gasteiger partial charge in [0.05, 0.1) is 28.7 Å². The molecule has 0 unspecified atom stereocenters. The van der Waals surface area contributed by atoms with Crippen molar-refractivity contribution in [3.05, 3.63) is 58.8 Å². The highest BCUT2D eigenvalue weighted by Gasteiger charge is 2.41. The Bertz CT molecular complexity index is 1440. The van der Waals surface area contributed by atoms with E-state index in [4.69, 9.17) is 5.10 Å². The Morgan fingerprint density at radius 1 is 1.08 bits per heavy atom. The van der Waals surface area contributed by atoms with Gasteiger partial charge in [-0.2, -0.15) is 18.3 Å². The van der Waals surface area contributed by atoms with Crippen LogP contribution in [-0.4, -0.2) is 41.1 Å². The molecule has 0 spiro atoms. The van der Waals surface area contributed by atoms with Crippen molar-refractivity contribution in [3.8, 4) is 0 Å². The standard InChI is InChI=1S/C28H34F3N3O4S/c1-3-26-24-12-8-19(14-25(24)33-34(26)16-18-5-9-22(10-6-18)28(29,30)31)27(36)32-15-20-7-11-23(13-21(20)17-35)39(37,38)4-2/h7-8,11-14,18,22,35H,3-6,9-10,15-17H2,1-2H3,(H,32,36)/t18-,22-. The van der Waals surface area contributed by atoms with Gasteiger partial charge in [0.15, 0.2) is 9.84 Å². The number of alkyl halides is 3. The van der Waals surface area contributed by atoms with Crippen LogP contribution in [0, 0.1) is 11.8 Å². The maximum atomic E-state index is 13.0. The van der Waals surface area contributed by atoms with Gasteiger partial charge in [0, 0.05) is 29.7 Å². The summed E-state index contributed by atoms with van der Waals surface area (Å²) in [7, 11) is -3.42. The largest absolute Gasteiger partial charge is 0.392 e. The number of rotatable bonds is 9. The molecule has 1 saturated carbocycles. The highest BCUT2D eigenvalue weighted by Crippen LogP contribution is 2.40. The number of hydrogen-bond acceptors (Lipinski definition) is 5. The number of nitrogens with one attached hydrogen (secondary N) is 1. The molecule has 2 N–H and O–H groups in total. The van der Waals surface area contributed by atoms with E-state index in [0.717, 1.165) is 11.1 Å². The zero-order valence-electron chi connectivity index (χ0n) is 22.1. The smallest absolute Gasteiger partial charge is 0.391 e. The summed E-state index contributed by atoms with van der Waals surface area (Å²) in [5.74, 6) is -1.48. The molecule has 0 atom stereocenters. The fourth-order valence-electron chi connectivity index (χ4n) is 5.33. The maximum absolute atomic E-state index is 13.0. The fourth-order valence-corrected chi connectivity index (χ4v) is 6.26. The molecule has 39 heavy (non-hydrogen) atoms. The second kappa shape index (κ2) is 11.7. The second-order valence-electron chi connectivity index (χ2n) is 10.1. The van der Waals surface area contributed by atoms with Crippen molar-refractivity contribution in [1.82, 2.24) is 15.1 Å². The first kappa shape index (κ1) is 29.1. The third kappa shape index (κ3) is 6.46. The van der Waals surface area contributed by atoms with Crippen LogP contribution < -0.4 is 5.32 Å². The molecule has 4 rings (SSSR count). The van der Waals surface area contributed by atoms with Gasteiger partial charge in [-0.25, -0.2) is 8.42 Å². The summed E-state index contributed by atoms with van der Waals surface area (Å²) in [4.78, 5) is 13.1. The molecule has 0 radical (unpaired) electrons. The first-order valence-corrected chi connectivity index (χ1v) is 14.9. The molecule has 1 fully saturated rings. The Hall–Kier alpha value is -2.92. The van der Waals surface area contributed by atoms with Gasteiger partial charge in [0.25, 0.3) is 5.91 Å². The van der Waals surface area contributed by atoms with Gasteiger partial charge in [0.1, 0.15) is 0 Å². The lowest BCUT2D eigenvalue weighted by molar-refractivity contribution is -0.184.